The second-order valence-electron chi connectivity index (χ2n) is 4.00. The molecule has 0 atom stereocenters. The van der Waals surface area contributed by atoms with Crippen LogP contribution in [-0.4, -0.2) is 11.5 Å². The largest absolute Gasteiger partial charge is 0.330 e. The number of benzene rings is 1. The minimum atomic E-state index is -0.218. The van der Waals surface area contributed by atoms with Gasteiger partial charge in [0.2, 0.25) is 0 Å². The molecule has 0 saturated carbocycles. The zero-order chi connectivity index (χ0) is 12.3. The van der Waals surface area contributed by atoms with Crippen LogP contribution in [0, 0.1) is 12.7 Å². The van der Waals surface area contributed by atoms with Crippen LogP contribution in [0.5, 0.6) is 0 Å². The normalized spacial score (nSPS) is 10.8. The highest BCUT2D eigenvalue weighted by atomic mass is 32.1. The van der Waals surface area contributed by atoms with Gasteiger partial charge >= 0.3 is 0 Å². The number of aromatic nitrogens is 1. The predicted octanol–water partition coefficient (Wildman–Crippen LogP) is 3.15. The fraction of sp³-hybridized carbons (Fsp3) is 0.308. The number of aryl methyl sites for hydroxylation is 2. The molecule has 2 nitrogen and oxygen atoms in total. The van der Waals surface area contributed by atoms with Gasteiger partial charge in [-0.25, -0.2) is 9.37 Å². The molecule has 0 aliphatic heterocycles. The Hall–Kier alpha value is -1.26. The minimum Gasteiger partial charge on any atom is -0.330 e. The van der Waals surface area contributed by atoms with Gasteiger partial charge in [-0.05, 0) is 44.0 Å². The van der Waals surface area contributed by atoms with Gasteiger partial charge in [0.15, 0.2) is 0 Å². The summed E-state index contributed by atoms with van der Waals surface area (Å²) in [6, 6.07) is 4.80. The van der Waals surface area contributed by atoms with Crippen molar-refractivity contribution in [2.75, 3.05) is 6.54 Å². The molecule has 0 aliphatic carbocycles. The molecular weight excluding hydrogens is 235 g/mol. The lowest BCUT2D eigenvalue weighted by Crippen LogP contribution is -2.00. The Morgan fingerprint density at radius 3 is 3.00 bits per heavy atom. The second kappa shape index (κ2) is 5.38. The molecule has 1 aromatic carbocycles. The summed E-state index contributed by atoms with van der Waals surface area (Å²) in [7, 11) is 0. The number of nitrogens with zero attached hydrogens (tertiary/aromatic N) is 1. The van der Waals surface area contributed by atoms with E-state index in [-0.39, 0.29) is 5.82 Å². The number of rotatable bonds is 4. The molecule has 0 spiro atoms. The van der Waals surface area contributed by atoms with E-state index in [1.165, 1.54) is 6.07 Å². The van der Waals surface area contributed by atoms with Crippen molar-refractivity contribution >= 4 is 11.3 Å². The highest BCUT2D eigenvalue weighted by Crippen LogP contribution is 2.27. The maximum absolute atomic E-state index is 13.2. The Morgan fingerprint density at radius 1 is 1.41 bits per heavy atom. The molecule has 2 N–H and O–H groups in total. The average molecular weight is 250 g/mol. The van der Waals surface area contributed by atoms with Crippen LogP contribution in [0.2, 0.25) is 0 Å². The summed E-state index contributed by atoms with van der Waals surface area (Å²) >= 11 is 1.56. The molecule has 1 aromatic heterocycles. The molecule has 0 saturated heterocycles. The van der Waals surface area contributed by atoms with E-state index in [1.54, 1.807) is 23.5 Å². The molecule has 2 rings (SSSR count). The molecule has 0 unspecified atom stereocenters. The smallest absolute Gasteiger partial charge is 0.123 e. The van der Waals surface area contributed by atoms with Crippen molar-refractivity contribution in [1.29, 1.82) is 0 Å². The molecule has 17 heavy (non-hydrogen) atoms. The molecule has 1 heterocycles. The van der Waals surface area contributed by atoms with Crippen LogP contribution in [0.15, 0.2) is 23.6 Å². The first kappa shape index (κ1) is 12.2. The van der Waals surface area contributed by atoms with E-state index >= 15 is 0 Å². The van der Waals surface area contributed by atoms with E-state index in [9.17, 15) is 4.39 Å². The molecule has 90 valence electrons. The van der Waals surface area contributed by atoms with Gasteiger partial charge in [0.05, 0.1) is 5.69 Å². The van der Waals surface area contributed by atoms with Gasteiger partial charge in [-0.15, -0.1) is 11.3 Å². The molecule has 0 radical (unpaired) electrons. The number of hydrogen-bond donors (Lipinski definition) is 1. The van der Waals surface area contributed by atoms with Gasteiger partial charge in [-0.3, -0.25) is 0 Å². The SMILES string of the molecule is Cc1ccc(F)cc1-c1nc(CCCN)cs1. The fourth-order valence-corrected chi connectivity index (χ4v) is 2.59. The first-order chi connectivity index (χ1) is 8.20. The zero-order valence-corrected chi connectivity index (χ0v) is 10.6. The van der Waals surface area contributed by atoms with E-state index < -0.39 is 0 Å². The Morgan fingerprint density at radius 2 is 2.24 bits per heavy atom. The summed E-state index contributed by atoms with van der Waals surface area (Å²) in [4.78, 5) is 4.52. The van der Waals surface area contributed by atoms with Crippen molar-refractivity contribution in [2.45, 2.75) is 19.8 Å². The van der Waals surface area contributed by atoms with E-state index in [0.29, 0.717) is 6.54 Å². The molecular formula is C13H15FN2S. The third-order valence-electron chi connectivity index (χ3n) is 2.62. The molecule has 0 aliphatic rings. The van der Waals surface area contributed by atoms with E-state index in [2.05, 4.69) is 4.98 Å². The van der Waals surface area contributed by atoms with Crippen molar-refractivity contribution in [3.63, 3.8) is 0 Å². The quantitative estimate of drug-likeness (QED) is 0.905. The van der Waals surface area contributed by atoms with Crippen LogP contribution < -0.4 is 5.73 Å². The highest BCUT2D eigenvalue weighted by Gasteiger charge is 2.08. The van der Waals surface area contributed by atoms with Crippen molar-refractivity contribution in [1.82, 2.24) is 4.98 Å². The third kappa shape index (κ3) is 2.90. The number of hydrogen-bond acceptors (Lipinski definition) is 3. The summed E-state index contributed by atoms with van der Waals surface area (Å²) in [5, 5.41) is 2.91. The Balaban J connectivity index is 2.27. The van der Waals surface area contributed by atoms with Crippen LogP contribution in [0.3, 0.4) is 0 Å². The van der Waals surface area contributed by atoms with Crippen LogP contribution in [0.1, 0.15) is 17.7 Å². The predicted molar refractivity (Wildman–Crippen MR) is 69.6 cm³/mol. The van der Waals surface area contributed by atoms with Crippen LogP contribution in [0.4, 0.5) is 4.39 Å². The number of nitrogens with two attached hydrogens (primary N) is 1. The summed E-state index contributed by atoms with van der Waals surface area (Å²) in [6.45, 7) is 2.64. The maximum atomic E-state index is 13.2. The molecule has 0 amide bonds. The van der Waals surface area contributed by atoms with Crippen LogP contribution in [-0.2, 0) is 6.42 Å². The zero-order valence-electron chi connectivity index (χ0n) is 9.74. The molecule has 2 aromatic rings. The Bertz CT molecular complexity index is 508. The van der Waals surface area contributed by atoms with E-state index in [0.717, 1.165) is 34.7 Å². The van der Waals surface area contributed by atoms with Crippen molar-refractivity contribution in [3.8, 4) is 10.6 Å². The number of thiazole rings is 1. The summed E-state index contributed by atoms with van der Waals surface area (Å²) in [5.41, 5.74) is 8.44. The van der Waals surface area contributed by atoms with Crippen molar-refractivity contribution in [2.24, 2.45) is 5.73 Å². The topological polar surface area (TPSA) is 38.9 Å². The Kier molecular flexibility index (Phi) is 3.86. The first-order valence-corrected chi connectivity index (χ1v) is 6.49. The van der Waals surface area contributed by atoms with Gasteiger partial charge in [0, 0.05) is 10.9 Å². The third-order valence-corrected chi connectivity index (χ3v) is 3.54. The van der Waals surface area contributed by atoms with Crippen molar-refractivity contribution < 1.29 is 4.39 Å². The van der Waals surface area contributed by atoms with Gasteiger partial charge in [-0.2, -0.15) is 0 Å². The van der Waals surface area contributed by atoms with Crippen LogP contribution >= 0.6 is 11.3 Å². The monoisotopic (exact) mass is 250 g/mol. The maximum Gasteiger partial charge on any atom is 0.123 e. The average Bonchev–Trinajstić information content (AvgIpc) is 2.78. The lowest BCUT2D eigenvalue weighted by Gasteiger charge is -2.01. The van der Waals surface area contributed by atoms with Crippen molar-refractivity contribution in [3.05, 3.63) is 40.7 Å². The summed E-state index contributed by atoms with van der Waals surface area (Å²) in [6.07, 6.45) is 1.83. The minimum absolute atomic E-state index is 0.218. The van der Waals surface area contributed by atoms with E-state index in [4.69, 9.17) is 5.73 Å². The summed E-state index contributed by atoms with van der Waals surface area (Å²) < 4.78 is 13.2. The molecule has 0 bridgehead atoms. The Labute approximate surface area is 104 Å². The van der Waals surface area contributed by atoms with Gasteiger partial charge in [-0.1, -0.05) is 6.07 Å². The van der Waals surface area contributed by atoms with Crippen LogP contribution in [0.25, 0.3) is 10.6 Å². The lowest BCUT2D eigenvalue weighted by atomic mass is 10.1. The molecule has 0 fully saturated rings. The fourth-order valence-electron chi connectivity index (χ4n) is 1.65. The van der Waals surface area contributed by atoms with E-state index in [1.807, 2.05) is 12.3 Å². The van der Waals surface area contributed by atoms with Gasteiger partial charge in [0.25, 0.3) is 0 Å². The lowest BCUT2D eigenvalue weighted by molar-refractivity contribution is 0.628. The number of halogens is 1. The second-order valence-corrected chi connectivity index (χ2v) is 4.85. The first-order valence-electron chi connectivity index (χ1n) is 5.61. The van der Waals surface area contributed by atoms with Gasteiger partial charge in [0.1, 0.15) is 10.8 Å². The summed E-state index contributed by atoms with van der Waals surface area (Å²) in [5.74, 6) is -0.218. The van der Waals surface area contributed by atoms with Gasteiger partial charge < -0.3 is 5.73 Å². The highest BCUT2D eigenvalue weighted by molar-refractivity contribution is 7.13. The standard InChI is InChI=1S/C13H15FN2S/c1-9-4-5-10(14)7-12(9)13-16-11(8-17-13)3-2-6-15/h4-5,7-8H,2-3,6,15H2,1H3. The molecule has 4 heteroatoms.